The van der Waals surface area contributed by atoms with Gasteiger partial charge in [-0.25, -0.2) is 8.42 Å². The van der Waals surface area contributed by atoms with E-state index in [4.69, 9.17) is 18.9 Å². The Hall–Kier alpha value is -0.230. The maximum atomic E-state index is 12.1. The normalized spacial score (nSPS) is 12.7. The maximum absolute atomic E-state index is 12.1. The molecule has 0 rings (SSSR count). The number of hydrogen-bond acceptors (Lipinski definition) is 9. The molecule has 0 aromatic carbocycles. The Morgan fingerprint density at radius 1 is 0.596 bits per heavy atom. The van der Waals surface area contributed by atoms with Gasteiger partial charge in [-0.1, -0.05) is 119 Å². The van der Waals surface area contributed by atoms with Crippen molar-refractivity contribution in [2.45, 2.75) is 170 Å². The molecule has 0 radical (unpaired) electrons. The first kappa shape index (κ1) is 53.6. The topological polar surface area (TPSA) is 128 Å². The van der Waals surface area contributed by atoms with Crippen LogP contribution in [0.1, 0.15) is 165 Å². The molecule has 0 spiro atoms. The summed E-state index contributed by atoms with van der Waals surface area (Å²) in [6.07, 6.45) is 17.1. The van der Waals surface area contributed by atoms with Crippen LogP contribution in [0.15, 0.2) is 0 Å². The van der Waals surface area contributed by atoms with Crippen molar-refractivity contribution in [3.63, 3.8) is 0 Å². The number of esters is 2. The van der Waals surface area contributed by atoms with Crippen LogP contribution in [0.4, 0.5) is 0 Å². The zero-order chi connectivity index (χ0) is 35.5. The van der Waals surface area contributed by atoms with Crippen LogP contribution >= 0.6 is 0 Å². The van der Waals surface area contributed by atoms with Gasteiger partial charge in [0.15, 0.2) is 5.25 Å². The molecule has 3 atom stereocenters. The number of unbranched alkanes of at least 4 members (excludes halogenated alkanes) is 8. The third kappa shape index (κ3) is 38.4. The SMILES string of the molecule is CCCCC(CC)COC(=O)CC(C(=O)OCC(CC)CCCC)S(=O)(=O)[O-].CCCCCCOCCCCCC.CCOCC.[Na+]. The Bertz CT molecular complexity index is 754. The largest absolute Gasteiger partial charge is 1.00 e. The average molecular weight is 705 g/mol. The van der Waals surface area contributed by atoms with Crippen LogP contribution < -0.4 is 29.6 Å². The molecule has 0 N–H and O–H groups in total. The molecule has 0 aromatic heterocycles. The Morgan fingerprint density at radius 3 is 1.36 bits per heavy atom. The molecule has 0 bridgehead atoms. The van der Waals surface area contributed by atoms with E-state index < -0.39 is 33.7 Å². The fraction of sp³-hybridized carbons (Fsp3) is 0.944. The summed E-state index contributed by atoms with van der Waals surface area (Å²) in [5.41, 5.74) is 0. The number of carbonyl (C=O) groups excluding carboxylic acids is 2. The van der Waals surface area contributed by atoms with E-state index in [2.05, 4.69) is 27.7 Å². The number of rotatable bonds is 28. The summed E-state index contributed by atoms with van der Waals surface area (Å²) in [7, 11) is -5.01. The van der Waals surface area contributed by atoms with E-state index in [-0.39, 0.29) is 54.6 Å². The summed E-state index contributed by atoms with van der Waals surface area (Å²) in [4.78, 5) is 24.1. The molecule has 0 aliphatic carbocycles. The fourth-order valence-corrected chi connectivity index (χ4v) is 5.03. The van der Waals surface area contributed by atoms with Gasteiger partial charge in [-0.2, -0.15) is 0 Å². The minimum Gasteiger partial charge on any atom is -0.747 e. The summed E-state index contributed by atoms with van der Waals surface area (Å²) in [5.74, 6) is -1.74. The van der Waals surface area contributed by atoms with Crippen LogP contribution in [0, 0.1) is 11.8 Å². The van der Waals surface area contributed by atoms with E-state index in [1.807, 2.05) is 27.7 Å². The molecule has 0 aromatic rings. The zero-order valence-corrected chi connectivity index (χ0v) is 34.9. The molecule has 0 amide bonds. The maximum Gasteiger partial charge on any atom is 1.00 e. The Morgan fingerprint density at radius 2 is 1.02 bits per heavy atom. The third-order valence-corrected chi connectivity index (χ3v) is 8.74. The average Bonchev–Trinajstić information content (AvgIpc) is 3.03. The predicted molar refractivity (Wildman–Crippen MR) is 188 cm³/mol. The molecule has 0 aliphatic heterocycles. The second kappa shape index (κ2) is 40.2. The fourth-order valence-electron chi connectivity index (χ4n) is 4.38. The van der Waals surface area contributed by atoms with Crippen molar-refractivity contribution in [3.05, 3.63) is 0 Å². The second-order valence-electron chi connectivity index (χ2n) is 11.8. The van der Waals surface area contributed by atoms with Crippen molar-refractivity contribution in [1.82, 2.24) is 0 Å². The first-order valence-electron chi connectivity index (χ1n) is 18.4. The standard InChI is InChI=1S/C20H38O7S.C12H26O.C4H10O.Na/c1-5-9-11-16(7-3)14-26-19(21)13-18(28(23,24)25)20(22)27-15-17(8-4)12-10-6-2;1-3-5-7-9-11-13-12-10-8-6-4-2;1-3-5-4-2;/h16-18H,5-15H2,1-4H3,(H,23,24,25);3-12H2,1-2H3;3-4H2,1-2H3;/q;;;+1/p-1. The minimum atomic E-state index is -5.01. The predicted octanol–water partition coefficient (Wildman–Crippen LogP) is 6.02. The van der Waals surface area contributed by atoms with Crippen LogP contribution in [0.2, 0.25) is 0 Å². The van der Waals surface area contributed by atoms with Gasteiger partial charge in [0.05, 0.1) is 19.6 Å². The van der Waals surface area contributed by atoms with Crippen molar-refractivity contribution in [2.24, 2.45) is 11.8 Å². The summed E-state index contributed by atoms with van der Waals surface area (Å²) in [5, 5.41) is -2.06. The molecule has 47 heavy (non-hydrogen) atoms. The van der Waals surface area contributed by atoms with Crippen molar-refractivity contribution in [1.29, 1.82) is 0 Å². The Labute approximate surface area is 312 Å². The molecular formula is C36H73NaO9S. The molecule has 278 valence electrons. The van der Waals surface area contributed by atoms with E-state index in [0.717, 1.165) is 77.8 Å². The van der Waals surface area contributed by atoms with Gasteiger partial charge >= 0.3 is 41.5 Å². The number of hydrogen-bond donors (Lipinski definition) is 0. The first-order chi connectivity index (χ1) is 22.0. The summed E-state index contributed by atoms with van der Waals surface area (Å²) < 4.78 is 54.9. The van der Waals surface area contributed by atoms with Crippen LogP contribution in [-0.2, 0) is 38.7 Å². The van der Waals surface area contributed by atoms with E-state index in [9.17, 15) is 22.6 Å². The second-order valence-corrected chi connectivity index (χ2v) is 13.4. The van der Waals surface area contributed by atoms with E-state index in [1.54, 1.807) is 0 Å². The van der Waals surface area contributed by atoms with Crippen molar-refractivity contribution >= 4 is 22.1 Å². The zero-order valence-electron chi connectivity index (χ0n) is 32.1. The molecule has 9 nitrogen and oxygen atoms in total. The van der Waals surface area contributed by atoms with Gasteiger partial charge in [0.25, 0.3) is 0 Å². The number of ether oxygens (including phenoxy) is 4. The van der Waals surface area contributed by atoms with Gasteiger partial charge < -0.3 is 23.5 Å². The van der Waals surface area contributed by atoms with Crippen molar-refractivity contribution < 1.29 is 71.1 Å². The van der Waals surface area contributed by atoms with Gasteiger partial charge in [-0.05, 0) is 51.4 Å². The van der Waals surface area contributed by atoms with E-state index in [1.165, 1.54) is 51.4 Å². The van der Waals surface area contributed by atoms with Crippen LogP contribution in [-0.4, -0.2) is 69.8 Å². The van der Waals surface area contributed by atoms with Gasteiger partial charge in [0.2, 0.25) is 0 Å². The van der Waals surface area contributed by atoms with Crippen LogP contribution in [0.25, 0.3) is 0 Å². The quantitative estimate of drug-likeness (QED) is 0.0416. The summed E-state index contributed by atoms with van der Waals surface area (Å²) >= 11 is 0. The molecule has 3 unspecified atom stereocenters. The van der Waals surface area contributed by atoms with Crippen molar-refractivity contribution in [3.8, 4) is 0 Å². The van der Waals surface area contributed by atoms with Gasteiger partial charge in [0.1, 0.15) is 10.1 Å². The monoisotopic (exact) mass is 704 g/mol. The summed E-state index contributed by atoms with van der Waals surface area (Å²) in [6.45, 7) is 20.4. The molecule has 0 aliphatic rings. The number of carbonyl (C=O) groups is 2. The Balaban J connectivity index is -0.000000402. The van der Waals surface area contributed by atoms with Crippen LogP contribution in [0.3, 0.4) is 0 Å². The van der Waals surface area contributed by atoms with Gasteiger partial charge in [0, 0.05) is 26.4 Å². The Kier molecular flexibility index (Phi) is 45.8. The molecule has 0 fully saturated rings. The molecule has 11 heteroatoms. The van der Waals surface area contributed by atoms with E-state index in [0.29, 0.717) is 0 Å². The van der Waals surface area contributed by atoms with Gasteiger partial charge in [-0.15, -0.1) is 0 Å². The van der Waals surface area contributed by atoms with Crippen LogP contribution in [0.5, 0.6) is 0 Å². The third-order valence-electron chi connectivity index (χ3n) is 7.68. The minimum absolute atomic E-state index is 0. The smallest absolute Gasteiger partial charge is 0.747 e. The first-order valence-corrected chi connectivity index (χ1v) is 19.9. The summed E-state index contributed by atoms with van der Waals surface area (Å²) in [6, 6.07) is 0. The van der Waals surface area contributed by atoms with Crippen molar-refractivity contribution in [2.75, 3.05) is 39.6 Å². The molecule has 0 heterocycles. The van der Waals surface area contributed by atoms with E-state index >= 15 is 0 Å². The molecule has 0 saturated carbocycles. The van der Waals surface area contributed by atoms with Gasteiger partial charge in [-0.3, -0.25) is 9.59 Å². The molecule has 0 saturated heterocycles. The molecular weight excluding hydrogens is 631 g/mol.